The molecule has 0 aliphatic carbocycles. The molecule has 0 atom stereocenters. The fourth-order valence-electron chi connectivity index (χ4n) is 0.981. The highest BCUT2D eigenvalue weighted by molar-refractivity contribution is 5.62. The molecule has 0 aromatic carbocycles. The van der Waals surface area contributed by atoms with Crippen LogP contribution in [-0.2, 0) is 0 Å². The number of ether oxygens (including phenoxy) is 1. The molecule has 0 saturated carbocycles. The van der Waals surface area contributed by atoms with Crippen molar-refractivity contribution < 1.29 is 13.5 Å². The van der Waals surface area contributed by atoms with Gasteiger partial charge in [-0.2, -0.15) is 5.26 Å². The lowest BCUT2D eigenvalue weighted by Crippen LogP contribution is -2.02. The summed E-state index contributed by atoms with van der Waals surface area (Å²) in [6.07, 6.45) is -1.86. The molecule has 0 saturated heterocycles. The van der Waals surface area contributed by atoms with Gasteiger partial charge in [-0.1, -0.05) is 0 Å². The van der Waals surface area contributed by atoms with Gasteiger partial charge in [-0.25, -0.2) is 13.8 Å². The van der Waals surface area contributed by atoms with E-state index in [9.17, 15) is 8.78 Å². The van der Waals surface area contributed by atoms with Gasteiger partial charge < -0.3 is 10.5 Å². The SMILES string of the molecule is COc1c(C#N)ncc(C(F)F)c1N. The van der Waals surface area contributed by atoms with E-state index in [1.807, 2.05) is 0 Å². The number of hydrogen-bond acceptors (Lipinski definition) is 4. The number of nitrogens with two attached hydrogens (primary N) is 1. The molecule has 1 aromatic rings. The Hall–Kier alpha value is -1.90. The zero-order valence-electron chi connectivity index (χ0n) is 7.29. The van der Waals surface area contributed by atoms with Crippen molar-refractivity contribution in [1.82, 2.24) is 4.98 Å². The van der Waals surface area contributed by atoms with E-state index >= 15 is 0 Å². The van der Waals surface area contributed by atoms with Crippen molar-refractivity contribution in [2.24, 2.45) is 0 Å². The van der Waals surface area contributed by atoms with E-state index in [1.54, 1.807) is 6.07 Å². The van der Waals surface area contributed by atoms with Gasteiger partial charge in [-0.05, 0) is 0 Å². The fraction of sp³-hybridized carbons (Fsp3) is 0.250. The van der Waals surface area contributed by atoms with Crippen LogP contribution >= 0.6 is 0 Å². The molecule has 0 radical (unpaired) electrons. The number of pyridine rings is 1. The Labute approximate surface area is 78.9 Å². The molecule has 1 heterocycles. The Bertz CT molecular complexity index is 387. The third kappa shape index (κ3) is 1.57. The van der Waals surface area contributed by atoms with E-state index in [0.29, 0.717) is 0 Å². The summed E-state index contributed by atoms with van der Waals surface area (Å²) in [6, 6.07) is 1.69. The van der Waals surface area contributed by atoms with Crippen molar-refractivity contribution >= 4 is 5.69 Å². The van der Waals surface area contributed by atoms with E-state index < -0.39 is 12.0 Å². The number of anilines is 1. The average Bonchev–Trinajstić information content (AvgIpc) is 2.16. The van der Waals surface area contributed by atoms with Crippen LogP contribution in [0.3, 0.4) is 0 Å². The summed E-state index contributed by atoms with van der Waals surface area (Å²) >= 11 is 0. The lowest BCUT2D eigenvalue weighted by atomic mass is 10.2. The number of methoxy groups -OCH3 is 1. The molecule has 0 spiro atoms. The number of aromatic nitrogens is 1. The summed E-state index contributed by atoms with van der Waals surface area (Å²) in [6.45, 7) is 0. The number of hydrogen-bond donors (Lipinski definition) is 1. The van der Waals surface area contributed by atoms with Crippen LogP contribution < -0.4 is 10.5 Å². The minimum atomic E-state index is -2.73. The number of nitriles is 1. The van der Waals surface area contributed by atoms with E-state index in [1.165, 1.54) is 7.11 Å². The van der Waals surface area contributed by atoms with Crippen molar-refractivity contribution in [1.29, 1.82) is 5.26 Å². The number of halogens is 2. The van der Waals surface area contributed by atoms with Crippen molar-refractivity contribution in [3.8, 4) is 11.8 Å². The molecule has 74 valence electrons. The Balaban J connectivity index is 3.37. The summed E-state index contributed by atoms with van der Waals surface area (Å²) in [5.74, 6) is -0.106. The average molecular weight is 199 g/mol. The second kappa shape index (κ2) is 3.87. The van der Waals surface area contributed by atoms with Crippen molar-refractivity contribution in [2.75, 3.05) is 12.8 Å². The number of alkyl halides is 2. The Kier molecular flexibility index (Phi) is 2.82. The summed E-state index contributed by atoms with van der Waals surface area (Å²) in [4.78, 5) is 3.50. The van der Waals surface area contributed by atoms with Gasteiger partial charge >= 0.3 is 0 Å². The standard InChI is InChI=1S/C8H7F2N3O/c1-14-7-5(2-11)13-3-4(6(7)12)8(9)10/h3,8H,1H3,(H2,12,13). The van der Waals surface area contributed by atoms with Crippen LogP contribution in [0.25, 0.3) is 0 Å². The van der Waals surface area contributed by atoms with Crippen LogP contribution in [0.1, 0.15) is 17.7 Å². The Morgan fingerprint density at radius 1 is 1.64 bits per heavy atom. The van der Waals surface area contributed by atoms with Crippen LogP contribution in [0.2, 0.25) is 0 Å². The van der Waals surface area contributed by atoms with Crippen molar-refractivity contribution in [2.45, 2.75) is 6.43 Å². The number of rotatable bonds is 2. The monoisotopic (exact) mass is 199 g/mol. The van der Waals surface area contributed by atoms with E-state index in [2.05, 4.69) is 4.98 Å². The first-order chi connectivity index (χ1) is 6.61. The van der Waals surface area contributed by atoms with Gasteiger partial charge in [0.15, 0.2) is 11.4 Å². The van der Waals surface area contributed by atoms with Crippen LogP contribution in [0, 0.1) is 11.3 Å². The molecule has 0 unspecified atom stereocenters. The molecule has 6 heteroatoms. The summed E-state index contributed by atoms with van der Waals surface area (Å²) < 4.78 is 29.4. The second-order valence-electron chi connectivity index (χ2n) is 2.42. The van der Waals surface area contributed by atoms with Crippen molar-refractivity contribution in [3.05, 3.63) is 17.5 Å². The molecular weight excluding hydrogens is 192 g/mol. The molecule has 0 fully saturated rings. The first kappa shape index (κ1) is 10.2. The normalized spacial score (nSPS) is 9.93. The highest BCUT2D eigenvalue weighted by Gasteiger charge is 2.18. The maximum atomic E-state index is 12.3. The molecule has 0 aliphatic heterocycles. The van der Waals surface area contributed by atoms with E-state index in [0.717, 1.165) is 6.20 Å². The molecule has 14 heavy (non-hydrogen) atoms. The van der Waals surface area contributed by atoms with Gasteiger partial charge in [0.2, 0.25) is 0 Å². The van der Waals surface area contributed by atoms with Gasteiger partial charge in [0.25, 0.3) is 6.43 Å². The van der Waals surface area contributed by atoms with Crippen LogP contribution in [-0.4, -0.2) is 12.1 Å². The van der Waals surface area contributed by atoms with Gasteiger partial charge in [0, 0.05) is 6.20 Å². The smallest absolute Gasteiger partial charge is 0.267 e. The summed E-state index contributed by atoms with van der Waals surface area (Å²) in [5.41, 5.74) is 4.60. The molecular formula is C8H7F2N3O. The Morgan fingerprint density at radius 3 is 2.71 bits per heavy atom. The molecule has 0 bridgehead atoms. The maximum Gasteiger partial charge on any atom is 0.267 e. The third-order valence-electron chi connectivity index (χ3n) is 1.65. The van der Waals surface area contributed by atoms with Crippen LogP contribution in [0.15, 0.2) is 6.20 Å². The molecule has 2 N–H and O–H groups in total. The number of nitrogen functional groups attached to an aromatic ring is 1. The highest BCUT2D eigenvalue weighted by Crippen LogP contribution is 2.33. The zero-order chi connectivity index (χ0) is 10.7. The van der Waals surface area contributed by atoms with Gasteiger partial charge in [-0.3, -0.25) is 0 Å². The summed E-state index contributed by atoms with van der Waals surface area (Å²) in [7, 11) is 1.24. The minimum absolute atomic E-state index is 0.102. The predicted molar refractivity (Wildman–Crippen MR) is 44.9 cm³/mol. The Morgan fingerprint density at radius 2 is 2.29 bits per heavy atom. The van der Waals surface area contributed by atoms with E-state index in [4.69, 9.17) is 15.7 Å². The van der Waals surface area contributed by atoms with Gasteiger partial charge in [-0.15, -0.1) is 0 Å². The topological polar surface area (TPSA) is 71.9 Å². The molecule has 1 rings (SSSR count). The lowest BCUT2D eigenvalue weighted by Gasteiger charge is -2.09. The first-order valence-electron chi connectivity index (χ1n) is 3.62. The largest absolute Gasteiger partial charge is 0.492 e. The van der Waals surface area contributed by atoms with Crippen LogP contribution in [0.5, 0.6) is 5.75 Å². The maximum absolute atomic E-state index is 12.3. The van der Waals surface area contributed by atoms with Gasteiger partial charge in [0.1, 0.15) is 6.07 Å². The van der Waals surface area contributed by atoms with Crippen LogP contribution in [0.4, 0.5) is 14.5 Å². The lowest BCUT2D eigenvalue weighted by molar-refractivity contribution is 0.151. The fourth-order valence-corrected chi connectivity index (χ4v) is 0.981. The quantitative estimate of drug-likeness (QED) is 0.782. The predicted octanol–water partition coefficient (Wildman–Crippen LogP) is 1.48. The second-order valence-corrected chi connectivity index (χ2v) is 2.42. The van der Waals surface area contributed by atoms with Crippen molar-refractivity contribution in [3.63, 3.8) is 0 Å². The summed E-state index contributed by atoms with van der Waals surface area (Å²) in [5, 5.41) is 8.57. The molecule has 0 aliphatic rings. The number of nitrogens with zero attached hydrogens (tertiary/aromatic N) is 2. The van der Waals surface area contributed by atoms with E-state index in [-0.39, 0.29) is 17.1 Å². The van der Waals surface area contributed by atoms with Gasteiger partial charge in [0.05, 0.1) is 18.4 Å². The minimum Gasteiger partial charge on any atom is -0.492 e. The third-order valence-corrected chi connectivity index (χ3v) is 1.65. The zero-order valence-corrected chi connectivity index (χ0v) is 7.29. The molecule has 0 amide bonds. The highest BCUT2D eigenvalue weighted by atomic mass is 19.3. The first-order valence-corrected chi connectivity index (χ1v) is 3.62. The molecule has 1 aromatic heterocycles. The molecule has 4 nitrogen and oxygen atoms in total.